The van der Waals surface area contributed by atoms with Crippen molar-refractivity contribution >= 4 is 30.2 Å². The Morgan fingerprint density at radius 2 is 1.83 bits per heavy atom. The third kappa shape index (κ3) is 6.39. The summed E-state index contributed by atoms with van der Waals surface area (Å²) in [4.78, 5) is 15.5. The van der Waals surface area contributed by atoms with Gasteiger partial charge < -0.3 is 9.36 Å². The van der Waals surface area contributed by atoms with Crippen LogP contribution in [-0.4, -0.2) is 24.9 Å². The van der Waals surface area contributed by atoms with Gasteiger partial charge in [0.1, 0.15) is 5.75 Å². The molecule has 0 saturated heterocycles. The van der Waals surface area contributed by atoms with Crippen LogP contribution in [-0.2, 0) is 30.5 Å². The smallest absolute Gasteiger partial charge is 0.380 e. The zero-order chi connectivity index (χ0) is 17.5. The number of oxime groups is 1. The third-order valence-electron chi connectivity index (χ3n) is 2.69. The zero-order valence-electron chi connectivity index (χ0n) is 14.0. The molecule has 0 atom stereocenters. The summed E-state index contributed by atoms with van der Waals surface area (Å²) in [6.07, 6.45) is 0. The van der Waals surface area contributed by atoms with Crippen LogP contribution < -0.4 is 4.52 Å². The monoisotopic (exact) mass is 359 g/mol. The van der Waals surface area contributed by atoms with Gasteiger partial charge in [0.15, 0.2) is 0 Å². The molecule has 0 radical (unpaired) electrons. The molecule has 0 N–H and O–H groups in total. The van der Waals surface area contributed by atoms with E-state index in [0.29, 0.717) is 24.7 Å². The second-order valence-electron chi connectivity index (χ2n) is 4.61. The van der Waals surface area contributed by atoms with Gasteiger partial charge in [0.2, 0.25) is 0 Å². The summed E-state index contributed by atoms with van der Waals surface area (Å²) in [5, 5.41) is 3.78. The van der Waals surface area contributed by atoms with Crippen molar-refractivity contribution in [2.24, 2.45) is 5.16 Å². The van der Waals surface area contributed by atoms with E-state index in [1.165, 1.54) is 6.92 Å². The Hall–Kier alpha value is -1.27. The molecule has 23 heavy (non-hydrogen) atoms. The molecule has 128 valence electrons. The number of aryl methyl sites for hydroxylation is 1. The highest BCUT2D eigenvalue weighted by Crippen LogP contribution is 2.49. The summed E-state index contributed by atoms with van der Waals surface area (Å²) in [5.41, 5.74) is 2.35. The number of benzene rings is 1. The Morgan fingerprint density at radius 1 is 1.22 bits per heavy atom. The number of nitrogens with zero attached hydrogens (tertiary/aromatic N) is 1. The first-order valence-corrected chi connectivity index (χ1v) is 9.78. The van der Waals surface area contributed by atoms with Crippen LogP contribution in [0.1, 0.15) is 38.8 Å². The Balaban J connectivity index is 2.97. The molecular formula is C15H22NO5PS. The molecule has 0 spiro atoms. The molecule has 0 aromatic heterocycles. The first-order valence-electron chi connectivity index (χ1n) is 7.23. The van der Waals surface area contributed by atoms with Gasteiger partial charge in [-0.15, -0.1) is 0 Å². The largest absolute Gasteiger partial charge is 0.424 e. The maximum Gasteiger partial charge on any atom is 0.380 e. The molecule has 0 aliphatic heterocycles. The van der Waals surface area contributed by atoms with E-state index in [1.807, 2.05) is 32.9 Å². The van der Waals surface area contributed by atoms with Gasteiger partial charge in [-0.25, -0.2) is 4.79 Å². The fourth-order valence-corrected chi connectivity index (χ4v) is 3.89. The number of rotatable bonds is 8. The standard InChI is InChI=1S/C15H22NO5PS/c1-6-18-22(23,19-7-2)21-14-8-9-15(11(3)10-14)12(4)16-20-13(5)17/h8-10H,6-7H2,1-5H3. The summed E-state index contributed by atoms with van der Waals surface area (Å²) in [7, 11) is 0. The quantitative estimate of drug-likeness (QED) is 0.303. The fourth-order valence-electron chi connectivity index (χ4n) is 1.82. The van der Waals surface area contributed by atoms with Crippen molar-refractivity contribution in [2.75, 3.05) is 13.2 Å². The van der Waals surface area contributed by atoms with Crippen LogP contribution in [0.25, 0.3) is 0 Å². The van der Waals surface area contributed by atoms with E-state index in [2.05, 4.69) is 9.99 Å². The van der Waals surface area contributed by atoms with Crippen molar-refractivity contribution in [3.63, 3.8) is 0 Å². The highest BCUT2D eigenvalue weighted by atomic mass is 32.5. The molecule has 6 nitrogen and oxygen atoms in total. The summed E-state index contributed by atoms with van der Waals surface area (Å²) in [5.74, 6) is 0.104. The number of hydrogen-bond donors (Lipinski definition) is 0. The van der Waals surface area contributed by atoms with E-state index in [4.69, 9.17) is 25.4 Å². The molecule has 0 bridgehead atoms. The Morgan fingerprint density at radius 3 is 2.30 bits per heavy atom. The minimum absolute atomic E-state index is 0.419. The van der Waals surface area contributed by atoms with Gasteiger partial charge >= 0.3 is 12.7 Å². The summed E-state index contributed by atoms with van der Waals surface area (Å²) in [6, 6.07) is 5.40. The molecule has 1 aromatic carbocycles. The minimum Gasteiger partial charge on any atom is -0.424 e. The van der Waals surface area contributed by atoms with Gasteiger partial charge in [0.25, 0.3) is 0 Å². The molecule has 0 unspecified atom stereocenters. The van der Waals surface area contributed by atoms with Gasteiger partial charge in [-0.3, -0.25) is 9.05 Å². The van der Waals surface area contributed by atoms with Crippen molar-refractivity contribution < 1.29 is 23.2 Å². The van der Waals surface area contributed by atoms with Gasteiger partial charge in [0, 0.05) is 24.3 Å². The topological polar surface area (TPSA) is 66.3 Å². The van der Waals surface area contributed by atoms with Crippen LogP contribution in [0, 0.1) is 6.92 Å². The number of hydrogen-bond acceptors (Lipinski definition) is 7. The van der Waals surface area contributed by atoms with Gasteiger partial charge in [-0.1, -0.05) is 5.16 Å². The van der Waals surface area contributed by atoms with Crippen LogP contribution in [0.5, 0.6) is 5.75 Å². The van der Waals surface area contributed by atoms with Crippen molar-refractivity contribution in [3.8, 4) is 5.75 Å². The van der Waals surface area contributed by atoms with Gasteiger partial charge in [-0.05, 0) is 51.5 Å². The lowest BCUT2D eigenvalue weighted by molar-refractivity contribution is -0.140. The minimum atomic E-state index is -2.79. The molecular weight excluding hydrogens is 337 g/mol. The molecule has 0 heterocycles. The molecule has 1 aromatic rings. The molecule has 0 aliphatic rings. The van der Waals surface area contributed by atoms with Crippen LogP contribution in [0.2, 0.25) is 0 Å². The van der Waals surface area contributed by atoms with E-state index in [9.17, 15) is 4.79 Å². The Kier molecular flexibility index (Phi) is 7.85. The summed E-state index contributed by atoms with van der Waals surface area (Å²) in [6.45, 7) is 6.69. The highest BCUT2D eigenvalue weighted by Gasteiger charge is 2.21. The first kappa shape index (κ1) is 19.8. The van der Waals surface area contributed by atoms with Gasteiger partial charge in [-0.2, -0.15) is 0 Å². The second kappa shape index (κ2) is 9.13. The molecule has 0 fully saturated rings. The van der Waals surface area contributed by atoms with Crippen molar-refractivity contribution in [1.29, 1.82) is 0 Å². The van der Waals surface area contributed by atoms with E-state index in [0.717, 1.165) is 11.1 Å². The van der Waals surface area contributed by atoms with Crippen LogP contribution >= 0.6 is 6.72 Å². The first-order chi connectivity index (χ1) is 10.8. The molecule has 0 saturated carbocycles. The predicted molar refractivity (Wildman–Crippen MR) is 93.3 cm³/mol. The molecule has 0 amide bonds. The fraction of sp³-hybridized carbons (Fsp3) is 0.467. The molecule has 1 rings (SSSR count). The van der Waals surface area contributed by atoms with Gasteiger partial charge in [0.05, 0.1) is 18.9 Å². The lowest BCUT2D eigenvalue weighted by atomic mass is 10.1. The predicted octanol–water partition coefficient (Wildman–Crippen LogP) is 3.96. The van der Waals surface area contributed by atoms with Crippen LogP contribution in [0.15, 0.2) is 23.4 Å². The van der Waals surface area contributed by atoms with Crippen molar-refractivity contribution in [3.05, 3.63) is 29.3 Å². The van der Waals surface area contributed by atoms with Crippen molar-refractivity contribution in [1.82, 2.24) is 0 Å². The molecule has 0 aliphatic carbocycles. The number of carbonyl (C=O) groups excluding carboxylic acids is 1. The average molecular weight is 359 g/mol. The van der Waals surface area contributed by atoms with E-state index in [-0.39, 0.29) is 0 Å². The Bertz CT molecular complexity index is 622. The SMILES string of the molecule is CCOP(=S)(OCC)Oc1ccc(C(C)=NOC(C)=O)c(C)c1. The number of carbonyl (C=O) groups is 1. The lowest BCUT2D eigenvalue weighted by Gasteiger charge is -2.21. The van der Waals surface area contributed by atoms with E-state index >= 15 is 0 Å². The lowest BCUT2D eigenvalue weighted by Crippen LogP contribution is -2.04. The van der Waals surface area contributed by atoms with E-state index in [1.54, 1.807) is 13.0 Å². The Labute approximate surface area is 142 Å². The average Bonchev–Trinajstić information content (AvgIpc) is 2.45. The second-order valence-corrected chi connectivity index (χ2v) is 7.55. The van der Waals surface area contributed by atoms with E-state index < -0.39 is 12.7 Å². The van der Waals surface area contributed by atoms with Crippen molar-refractivity contribution in [2.45, 2.75) is 34.6 Å². The maximum atomic E-state index is 10.8. The van der Waals surface area contributed by atoms with Crippen LogP contribution in [0.3, 0.4) is 0 Å². The molecule has 8 heteroatoms. The normalized spacial score (nSPS) is 12.1. The van der Waals surface area contributed by atoms with Crippen LogP contribution in [0.4, 0.5) is 0 Å². The summed E-state index contributed by atoms with van der Waals surface area (Å²) >= 11 is 5.34. The maximum absolute atomic E-state index is 10.8. The zero-order valence-corrected chi connectivity index (χ0v) is 15.7. The summed E-state index contributed by atoms with van der Waals surface area (Å²) < 4.78 is 16.7. The highest BCUT2D eigenvalue weighted by molar-refractivity contribution is 8.07. The third-order valence-corrected chi connectivity index (χ3v) is 5.13.